The molecule has 0 aliphatic rings. The van der Waals surface area contributed by atoms with Gasteiger partial charge < -0.3 is 10.1 Å². The topological polar surface area (TPSA) is 56.1 Å². The second kappa shape index (κ2) is 9.11. The van der Waals surface area contributed by atoms with E-state index in [1.165, 1.54) is 0 Å². The lowest BCUT2D eigenvalue weighted by molar-refractivity contribution is -0.121. The third kappa shape index (κ3) is 5.71. The summed E-state index contributed by atoms with van der Waals surface area (Å²) in [6, 6.07) is 9.57. The number of nitrogens with one attached hydrogen (secondary N) is 1. The lowest BCUT2D eigenvalue weighted by Crippen LogP contribution is -2.28. The number of benzene rings is 1. The van der Waals surface area contributed by atoms with E-state index < -0.39 is 0 Å². The van der Waals surface area contributed by atoms with Crippen molar-refractivity contribution >= 4 is 5.91 Å². The van der Waals surface area contributed by atoms with Gasteiger partial charge in [0.05, 0.1) is 6.54 Å². The number of hydrogen-bond acceptors (Lipinski definition) is 3. The van der Waals surface area contributed by atoms with Crippen LogP contribution in [-0.2, 0) is 17.8 Å². The molecule has 0 atom stereocenters. The molecule has 0 saturated carbocycles. The van der Waals surface area contributed by atoms with Gasteiger partial charge in [0.25, 0.3) is 0 Å². The van der Waals surface area contributed by atoms with Crippen molar-refractivity contribution in [1.29, 1.82) is 0 Å². The first-order valence-electron chi connectivity index (χ1n) is 7.31. The van der Waals surface area contributed by atoms with Crippen LogP contribution >= 0.6 is 0 Å². The van der Waals surface area contributed by atoms with Gasteiger partial charge in [0.15, 0.2) is 0 Å². The SMILES string of the molecule is C=CCc1ccccc1OCC#CCNC(=O)Cn1cccn1. The van der Waals surface area contributed by atoms with Crippen LogP contribution in [0.2, 0.25) is 0 Å². The number of nitrogens with zero attached hydrogens (tertiary/aromatic N) is 2. The Kier molecular flexibility index (Phi) is 6.48. The summed E-state index contributed by atoms with van der Waals surface area (Å²) in [6.45, 7) is 4.50. The van der Waals surface area contributed by atoms with Gasteiger partial charge in [-0.15, -0.1) is 6.58 Å². The normalized spacial score (nSPS) is 9.57. The molecule has 2 rings (SSSR count). The molecule has 0 fully saturated rings. The zero-order valence-electron chi connectivity index (χ0n) is 12.9. The number of carbonyl (C=O) groups excluding carboxylic acids is 1. The van der Waals surface area contributed by atoms with Crippen LogP contribution in [0, 0.1) is 11.8 Å². The van der Waals surface area contributed by atoms with Gasteiger partial charge in [-0.05, 0) is 24.1 Å². The van der Waals surface area contributed by atoms with Crippen LogP contribution in [0.25, 0.3) is 0 Å². The Balaban J connectivity index is 1.70. The summed E-state index contributed by atoms with van der Waals surface area (Å²) in [6.07, 6.45) is 5.96. The van der Waals surface area contributed by atoms with Crippen molar-refractivity contribution in [2.45, 2.75) is 13.0 Å². The number of ether oxygens (including phenoxy) is 1. The van der Waals surface area contributed by atoms with Crippen LogP contribution in [0.1, 0.15) is 5.56 Å². The monoisotopic (exact) mass is 309 g/mol. The van der Waals surface area contributed by atoms with Crippen LogP contribution in [0.15, 0.2) is 55.4 Å². The zero-order valence-corrected chi connectivity index (χ0v) is 12.9. The third-order valence-electron chi connectivity index (χ3n) is 3.00. The van der Waals surface area contributed by atoms with Crippen LogP contribution in [0.4, 0.5) is 0 Å². The Labute approximate surface area is 136 Å². The lowest BCUT2D eigenvalue weighted by atomic mass is 10.1. The van der Waals surface area contributed by atoms with Gasteiger partial charge in [-0.1, -0.05) is 36.1 Å². The molecule has 118 valence electrons. The molecule has 1 aromatic carbocycles. The fourth-order valence-electron chi connectivity index (χ4n) is 1.94. The van der Waals surface area contributed by atoms with Gasteiger partial charge in [0.2, 0.25) is 5.91 Å². The number of allylic oxidation sites excluding steroid dienone is 1. The number of amides is 1. The molecule has 0 aliphatic heterocycles. The third-order valence-corrected chi connectivity index (χ3v) is 3.00. The Morgan fingerprint density at radius 1 is 1.35 bits per heavy atom. The van der Waals surface area contributed by atoms with Gasteiger partial charge in [-0.3, -0.25) is 9.48 Å². The van der Waals surface area contributed by atoms with Gasteiger partial charge in [0.1, 0.15) is 18.9 Å². The summed E-state index contributed by atoms with van der Waals surface area (Å²) in [5.41, 5.74) is 1.08. The van der Waals surface area contributed by atoms with Gasteiger partial charge >= 0.3 is 0 Å². The predicted molar refractivity (Wildman–Crippen MR) is 88.9 cm³/mol. The quantitative estimate of drug-likeness (QED) is 0.627. The first-order valence-corrected chi connectivity index (χ1v) is 7.31. The van der Waals surface area contributed by atoms with E-state index in [0.29, 0.717) is 0 Å². The Hall–Kier alpha value is -3.00. The average Bonchev–Trinajstić information content (AvgIpc) is 3.05. The molecular weight excluding hydrogens is 290 g/mol. The van der Waals surface area contributed by atoms with E-state index >= 15 is 0 Å². The van der Waals surface area contributed by atoms with E-state index in [0.717, 1.165) is 17.7 Å². The largest absolute Gasteiger partial charge is 0.481 e. The highest BCUT2D eigenvalue weighted by Crippen LogP contribution is 2.18. The second-order valence-corrected chi connectivity index (χ2v) is 4.72. The van der Waals surface area contributed by atoms with Crippen molar-refractivity contribution in [3.05, 3.63) is 60.9 Å². The standard InChI is InChI=1S/C18H19N3O2/c1-2-8-16-9-3-4-10-17(16)23-14-6-5-11-19-18(22)15-21-13-7-12-20-21/h2-4,7,9-10,12-13H,1,8,11,14-15H2,(H,19,22). The fourth-order valence-corrected chi connectivity index (χ4v) is 1.94. The van der Waals surface area contributed by atoms with Crippen LogP contribution in [0.5, 0.6) is 5.75 Å². The van der Waals surface area contributed by atoms with Crippen molar-refractivity contribution in [3.63, 3.8) is 0 Å². The van der Waals surface area contributed by atoms with Crippen molar-refractivity contribution in [2.24, 2.45) is 0 Å². The number of aromatic nitrogens is 2. The molecule has 2 aromatic rings. The lowest BCUT2D eigenvalue weighted by Gasteiger charge is -2.07. The molecule has 5 nitrogen and oxygen atoms in total. The smallest absolute Gasteiger partial charge is 0.242 e. The molecule has 0 spiro atoms. The van der Waals surface area contributed by atoms with E-state index in [9.17, 15) is 4.79 Å². The number of carbonyl (C=O) groups is 1. The minimum absolute atomic E-state index is 0.125. The van der Waals surface area contributed by atoms with E-state index in [1.807, 2.05) is 30.3 Å². The molecule has 23 heavy (non-hydrogen) atoms. The minimum Gasteiger partial charge on any atom is -0.481 e. The summed E-state index contributed by atoms with van der Waals surface area (Å²) < 4.78 is 7.19. The molecule has 1 N–H and O–H groups in total. The van der Waals surface area contributed by atoms with E-state index in [1.54, 1.807) is 23.1 Å². The molecule has 0 unspecified atom stereocenters. The maximum atomic E-state index is 11.6. The molecule has 1 amide bonds. The van der Waals surface area contributed by atoms with E-state index in [4.69, 9.17) is 4.74 Å². The summed E-state index contributed by atoms with van der Waals surface area (Å²) >= 11 is 0. The van der Waals surface area contributed by atoms with Gasteiger partial charge in [-0.25, -0.2) is 0 Å². The molecule has 5 heteroatoms. The summed E-state index contributed by atoms with van der Waals surface area (Å²) in [5.74, 6) is 6.43. The fraction of sp³-hybridized carbons (Fsp3) is 0.222. The number of para-hydroxylation sites is 1. The summed E-state index contributed by atoms with van der Waals surface area (Å²) in [7, 11) is 0. The number of hydrogen-bond donors (Lipinski definition) is 1. The van der Waals surface area contributed by atoms with Crippen molar-refractivity contribution in [2.75, 3.05) is 13.2 Å². The molecule has 0 bridgehead atoms. The molecule has 0 radical (unpaired) electrons. The maximum Gasteiger partial charge on any atom is 0.242 e. The first kappa shape index (κ1) is 16.4. The Morgan fingerprint density at radius 2 is 2.22 bits per heavy atom. The van der Waals surface area contributed by atoms with Crippen LogP contribution in [-0.4, -0.2) is 28.8 Å². The molecular formula is C18H19N3O2. The highest BCUT2D eigenvalue weighted by Gasteiger charge is 2.01. The van der Waals surface area contributed by atoms with E-state index in [-0.39, 0.29) is 25.6 Å². The van der Waals surface area contributed by atoms with Crippen LogP contribution in [0.3, 0.4) is 0 Å². The number of rotatable bonds is 7. The zero-order chi connectivity index (χ0) is 16.3. The predicted octanol–water partition coefficient (Wildman–Crippen LogP) is 1.81. The molecule has 1 aromatic heterocycles. The van der Waals surface area contributed by atoms with Crippen LogP contribution < -0.4 is 10.1 Å². The van der Waals surface area contributed by atoms with Gasteiger partial charge in [-0.2, -0.15) is 5.10 Å². The van der Waals surface area contributed by atoms with Gasteiger partial charge in [0, 0.05) is 12.4 Å². The van der Waals surface area contributed by atoms with Crippen molar-refractivity contribution in [3.8, 4) is 17.6 Å². The summed E-state index contributed by atoms with van der Waals surface area (Å²) in [4.78, 5) is 11.6. The molecule has 0 aliphatic carbocycles. The first-order chi connectivity index (χ1) is 11.3. The summed E-state index contributed by atoms with van der Waals surface area (Å²) in [5, 5.41) is 6.67. The Morgan fingerprint density at radius 3 is 3.00 bits per heavy atom. The second-order valence-electron chi connectivity index (χ2n) is 4.72. The van der Waals surface area contributed by atoms with E-state index in [2.05, 4.69) is 28.8 Å². The highest BCUT2D eigenvalue weighted by atomic mass is 16.5. The van der Waals surface area contributed by atoms with Crippen molar-refractivity contribution < 1.29 is 9.53 Å². The Bertz CT molecular complexity index is 697. The average molecular weight is 309 g/mol. The highest BCUT2D eigenvalue weighted by molar-refractivity contribution is 5.75. The minimum atomic E-state index is -0.125. The molecule has 1 heterocycles. The maximum absolute atomic E-state index is 11.6. The van der Waals surface area contributed by atoms with Crippen molar-refractivity contribution in [1.82, 2.24) is 15.1 Å². The molecule has 0 saturated heterocycles.